The van der Waals surface area contributed by atoms with Crippen LogP contribution in [0.5, 0.6) is 0 Å². The number of fused-ring (bicyclic) bond motifs is 1. The summed E-state index contributed by atoms with van der Waals surface area (Å²) in [5, 5.41) is 12.2. The third-order valence-electron chi connectivity index (χ3n) is 3.28. The maximum absolute atomic E-state index is 12.0. The van der Waals surface area contributed by atoms with Crippen molar-refractivity contribution in [2.24, 2.45) is 0 Å². The fourth-order valence-corrected chi connectivity index (χ4v) is 2.19. The number of aliphatic carboxylic acids is 1. The molecule has 18 heavy (non-hydrogen) atoms. The van der Waals surface area contributed by atoms with E-state index in [-0.39, 0.29) is 12.3 Å². The van der Waals surface area contributed by atoms with E-state index in [9.17, 15) is 14.7 Å². The average Bonchev–Trinajstić information content (AvgIpc) is 2.63. The van der Waals surface area contributed by atoms with Gasteiger partial charge in [0.15, 0.2) is 0 Å². The highest BCUT2D eigenvalue weighted by molar-refractivity contribution is 6.07. The molecular formula is C13H16N2O3. The quantitative estimate of drug-likeness (QED) is 0.850. The lowest BCUT2D eigenvalue weighted by atomic mass is 10.0. The molecule has 2 N–H and O–H groups in total. The Bertz CT molecular complexity index is 523. The molecule has 1 aromatic carbocycles. The van der Waals surface area contributed by atoms with Crippen molar-refractivity contribution in [1.82, 2.24) is 0 Å². The molecule has 5 heteroatoms. The van der Waals surface area contributed by atoms with E-state index < -0.39 is 11.5 Å². The van der Waals surface area contributed by atoms with E-state index in [1.54, 1.807) is 13.1 Å². The van der Waals surface area contributed by atoms with Crippen LogP contribution in [0.2, 0.25) is 0 Å². The molecule has 1 heterocycles. The number of rotatable bonds is 3. The molecule has 2 rings (SSSR count). The second-order valence-corrected chi connectivity index (χ2v) is 4.86. The van der Waals surface area contributed by atoms with Gasteiger partial charge in [-0.2, -0.15) is 0 Å². The minimum Gasteiger partial charge on any atom is -0.480 e. The largest absolute Gasteiger partial charge is 0.480 e. The van der Waals surface area contributed by atoms with E-state index >= 15 is 0 Å². The summed E-state index contributed by atoms with van der Waals surface area (Å²) < 4.78 is 0. The zero-order chi connectivity index (χ0) is 13.5. The van der Waals surface area contributed by atoms with Crippen molar-refractivity contribution in [3.8, 4) is 0 Å². The normalized spacial score (nSPS) is 14.6. The van der Waals surface area contributed by atoms with Gasteiger partial charge in [-0.05, 0) is 37.6 Å². The number of nitrogens with zero attached hydrogens (tertiary/aromatic N) is 1. The van der Waals surface area contributed by atoms with Crippen molar-refractivity contribution in [2.45, 2.75) is 25.8 Å². The standard InChI is InChI=1S/C13H16N2O3/c1-13(2,12(17)18)15-10-5-4-9(14-3)6-8(10)7-11(15)16/h4-6,14H,7H2,1-3H3,(H,17,18). The van der Waals surface area contributed by atoms with E-state index in [2.05, 4.69) is 5.32 Å². The molecule has 0 saturated heterocycles. The monoisotopic (exact) mass is 248 g/mol. The Kier molecular flexibility index (Phi) is 2.77. The number of hydrogen-bond donors (Lipinski definition) is 2. The van der Waals surface area contributed by atoms with Gasteiger partial charge in [0.2, 0.25) is 5.91 Å². The van der Waals surface area contributed by atoms with E-state index in [0.717, 1.165) is 11.3 Å². The van der Waals surface area contributed by atoms with Crippen LogP contribution < -0.4 is 10.2 Å². The molecule has 96 valence electrons. The lowest BCUT2D eigenvalue weighted by molar-refractivity contribution is -0.143. The Morgan fingerprint density at radius 3 is 2.67 bits per heavy atom. The maximum atomic E-state index is 12.0. The predicted octanol–water partition coefficient (Wildman–Crippen LogP) is 1.48. The summed E-state index contributed by atoms with van der Waals surface area (Å²) in [6.07, 6.45) is 0.252. The smallest absolute Gasteiger partial charge is 0.329 e. The van der Waals surface area contributed by atoms with Crippen molar-refractivity contribution in [3.63, 3.8) is 0 Å². The summed E-state index contributed by atoms with van der Waals surface area (Å²) in [6, 6.07) is 5.50. The van der Waals surface area contributed by atoms with Gasteiger partial charge in [0, 0.05) is 18.4 Å². The molecule has 0 spiro atoms. The molecule has 0 saturated carbocycles. The SMILES string of the molecule is CNc1ccc2c(c1)CC(=O)N2C(C)(C)C(=O)O. The van der Waals surface area contributed by atoms with Gasteiger partial charge in [-0.15, -0.1) is 0 Å². The Balaban J connectivity index is 2.49. The molecule has 0 aliphatic carbocycles. The number of carbonyl (C=O) groups is 2. The summed E-state index contributed by atoms with van der Waals surface area (Å²) in [5.41, 5.74) is 1.23. The number of amides is 1. The molecule has 0 unspecified atom stereocenters. The van der Waals surface area contributed by atoms with Crippen LogP contribution in [-0.4, -0.2) is 29.6 Å². The highest BCUT2D eigenvalue weighted by Gasteiger charge is 2.43. The van der Waals surface area contributed by atoms with Gasteiger partial charge < -0.3 is 10.4 Å². The zero-order valence-electron chi connectivity index (χ0n) is 10.7. The molecular weight excluding hydrogens is 232 g/mol. The van der Waals surface area contributed by atoms with E-state index in [0.29, 0.717) is 5.69 Å². The van der Waals surface area contributed by atoms with Crippen molar-refractivity contribution < 1.29 is 14.7 Å². The first kappa shape index (κ1) is 12.4. The van der Waals surface area contributed by atoms with Gasteiger partial charge in [0.05, 0.1) is 6.42 Å². The summed E-state index contributed by atoms with van der Waals surface area (Å²) in [4.78, 5) is 24.7. The topological polar surface area (TPSA) is 69.6 Å². The second-order valence-electron chi connectivity index (χ2n) is 4.86. The second kappa shape index (κ2) is 4.01. The van der Waals surface area contributed by atoms with Crippen molar-refractivity contribution in [3.05, 3.63) is 23.8 Å². The molecule has 0 bridgehead atoms. The van der Waals surface area contributed by atoms with Crippen LogP contribution in [0.1, 0.15) is 19.4 Å². The van der Waals surface area contributed by atoms with Gasteiger partial charge in [0.1, 0.15) is 5.54 Å². The lowest BCUT2D eigenvalue weighted by Gasteiger charge is -2.32. The van der Waals surface area contributed by atoms with E-state index in [1.165, 1.54) is 18.7 Å². The Hall–Kier alpha value is -2.04. The van der Waals surface area contributed by atoms with Crippen LogP contribution >= 0.6 is 0 Å². The maximum Gasteiger partial charge on any atom is 0.329 e. The Morgan fingerprint density at radius 2 is 2.11 bits per heavy atom. The molecule has 1 aromatic rings. The molecule has 0 aromatic heterocycles. The van der Waals surface area contributed by atoms with Crippen LogP contribution in [0.3, 0.4) is 0 Å². The van der Waals surface area contributed by atoms with Crippen LogP contribution in [0.4, 0.5) is 11.4 Å². The minimum atomic E-state index is -1.23. The molecule has 1 amide bonds. The molecule has 5 nitrogen and oxygen atoms in total. The predicted molar refractivity (Wildman–Crippen MR) is 68.9 cm³/mol. The number of benzene rings is 1. The minimum absolute atomic E-state index is 0.175. The first-order chi connectivity index (χ1) is 8.37. The van der Waals surface area contributed by atoms with Crippen LogP contribution in [0, 0.1) is 0 Å². The van der Waals surface area contributed by atoms with Gasteiger partial charge in [-0.1, -0.05) is 0 Å². The number of nitrogens with one attached hydrogen (secondary N) is 1. The third-order valence-corrected chi connectivity index (χ3v) is 3.28. The third kappa shape index (κ3) is 1.72. The number of hydrogen-bond acceptors (Lipinski definition) is 3. The first-order valence-corrected chi connectivity index (χ1v) is 5.75. The van der Waals surface area contributed by atoms with Crippen molar-refractivity contribution >= 4 is 23.3 Å². The van der Waals surface area contributed by atoms with E-state index in [1.807, 2.05) is 12.1 Å². The molecule has 0 radical (unpaired) electrons. The van der Waals surface area contributed by atoms with Gasteiger partial charge in [-0.25, -0.2) is 4.79 Å². The highest BCUT2D eigenvalue weighted by Crippen LogP contribution is 2.36. The Morgan fingerprint density at radius 1 is 1.44 bits per heavy atom. The molecule has 1 aliphatic rings. The molecule has 0 fully saturated rings. The number of carbonyl (C=O) groups excluding carboxylic acids is 1. The van der Waals surface area contributed by atoms with Gasteiger partial charge in [0.25, 0.3) is 0 Å². The number of carboxylic acid groups (broad SMARTS) is 1. The number of carboxylic acids is 1. The highest BCUT2D eigenvalue weighted by atomic mass is 16.4. The van der Waals surface area contributed by atoms with Crippen LogP contribution in [0.15, 0.2) is 18.2 Å². The summed E-state index contributed by atoms with van der Waals surface area (Å²) >= 11 is 0. The summed E-state index contributed by atoms with van der Waals surface area (Å²) in [7, 11) is 1.80. The number of anilines is 2. The van der Waals surface area contributed by atoms with Gasteiger partial charge in [-0.3, -0.25) is 9.69 Å². The summed E-state index contributed by atoms with van der Waals surface area (Å²) in [5.74, 6) is -1.19. The zero-order valence-corrected chi connectivity index (χ0v) is 10.7. The fraction of sp³-hybridized carbons (Fsp3) is 0.385. The molecule has 0 atom stereocenters. The fourth-order valence-electron chi connectivity index (χ4n) is 2.19. The van der Waals surface area contributed by atoms with Crippen LogP contribution in [-0.2, 0) is 16.0 Å². The van der Waals surface area contributed by atoms with Crippen molar-refractivity contribution in [1.29, 1.82) is 0 Å². The van der Waals surface area contributed by atoms with E-state index in [4.69, 9.17) is 0 Å². The lowest BCUT2D eigenvalue weighted by Crippen LogP contribution is -2.51. The Labute approximate surface area is 105 Å². The van der Waals surface area contributed by atoms with Crippen molar-refractivity contribution in [2.75, 3.05) is 17.3 Å². The average molecular weight is 248 g/mol. The summed E-state index contributed by atoms with van der Waals surface area (Å²) in [6.45, 7) is 3.07. The molecule has 1 aliphatic heterocycles. The van der Waals surface area contributed by atoms with Gasteiger partial charge >= 0.3 is 5.97 Å². The van der Waals surface area contributed by atoms with Crippen LogP contribution in [0.25, 0.3) is 0 Å². The first-order valence-electron chi connectivity index (χ1n) is 5.75.